The zero-order chi connectivity index (χ0) is 28.3. The zero-order valence-electron chi connectivity index (χ0n) is 24.1. The summed E-state index contributed by atoms with van der Waals surface area (Å²) in [7, 11) is 0. The quantitative estimate of drug-likeness (QED) is 0.234. The van der Waals surface area contributed by atoms with Gasteiger partial charge >= 0.3 is 0 Å². The molecule has 0 fully saturated rings. The number of rotatable bonds is 10. The van der Waals surface area contributed by atoms with Crippen molar-refractivity contribution < 1.29 is 0 Å². The predicted molar refractivity (Wildman–Crippen MR) is 160 cm³/mol. The maximum atomic E-state index is 13.9. The normalized spacial score (nSPS) is 12.8. The van der Waals surface area contributed by atoms with Crippen LogP contribution < -0.4 is 5.56 Å². The summed E-state index contributed by atoms with van der Waals surface area (Å²) in [6.45, 7) is 11.9. The van der Waals surface area contributed by atoms with Crippen LogP contribution in [0.5, 0.6) is 0 Å². The Morgan fingerprint density at radius 2 is 1.57 bits per heavy atom. The lowest BCUT2D eigenvalue weighted by Crippen LogP contribution is -2.39. The summed E-state index contributed by atoms with van der Waals surface area (Å²) < 4.78 is 1.91. The fourth-order valence-corrected chi connectivity index (χ4v) is 5.27. The highest BCUT2D eigenvalue weighted by atomic mass is 16.1. The highest BCUT2D eigenvalue weighted by Gasteiger charge is 2.34. The van der Waals surface area contributed by atoms with Gasteiger partial charge in [-0.25, -0.2) is 4.68 Å². The molecule has 2 heterocycles. The average Bonchev–Trinajstić information content (AvgIpc) is 3.46. The van der Waals surface area contributed by atoms with Gasteiger partial charge in [0.2, 0.25) is 0 Å². The molecule has 0 saturated heterocycles. The van der Waals surface area contributed by atoms with Crippen LogP contribution in [0.1, 0.15) is 66.9 Å². The Labute approximate surface area is 235 Å². The van der Waals surface area contributed by atoms with Gasteiger partial charge in [0, 0.05) is 24.0 Å². The topological polar surface area (TPSA) is 79.7 Å². The van der Waals surface area contributed by atoms with Crippen LogP contribution in [0.15, 0.2) is 83.7 Å². The first-order valence-corrected chi connectivity index (χ1v) is 14.0. The van der Waals surface area contributed by atoms with Gasteiger partial charge in [-0.3, -0.25) is 9.69 Å². The van der Waals surface area contributed by atoms with E-state index in [0.717, 1.165) is 34.9 Å². The minimum Gasteiger partial charge on any atom is -0.321 e. The van der Waals surface area contributed by atoms with Crippen LogP contribution in [0.4, 0.5) is 0 Å². The van der Waals surface area contributed by atoms with Crippen molar-refractivity contribution in [1.29, 1.82) is 0 Å². The lowest BCUT2D eigenvalue weighted by molar-refractivity contribution is 0.190. The molecular weight excluding hydrogens is 496 g/mol. The van der Waals surface area contributed by atoms with Gasteiger partial charge in [0.1, 0.15) is 6.04 Å². The Kier molecular flexibility index (Phi) is 7.94. The van der Waals surface area contributed by atoms with Crippen LogP contribution in [0, 0.1) is 13.8 Å². The van der Waals surface area contributed by atoms with Gasteiger partial charge in [-0.1, -0.05) is 79.7 Å². The van der Waals surface area contributed by atoms with Gasteiger partial charge in [0.15, 0.2) is 5.82 Å². The minimum atomic E-state index is -0.460. The number of nitrogens with one attached hydrogen (secondary N) is 1. The molecule has 7 nitrogen and oxygen atoms in total. The molecular formula is C33H38N6O. The second-order valence-electron chi connectivity index (χ2n) is 11.3. The third kappa shape index (κ3) is 5.61. The lowest BCUT2D eigenvalue weighted by Gasteiger charge is -2.34. The van der Waals surface area contributed by atoms with E-state index in [-0.39, 0.29) is 11.1 Å². The number of aromatic nitrogens is 5. The molecule has 0 aliphatic heterocycles. The molecule has 1 atom stereocenters. The van der Waals surface area contributed by atoms with Crippen LogP contribution in [0.3, 0.4) is 0 Å². The Hall–Kier alpha value is -4.10. The van der Waals surface area contributed by atoms with Crippen molar-refractivity contribution in [2.24, 2.45) is 0 Å². The van der Waals surface area contributed by atoms with E-state index in [1.165, 1.54) is 11.1 Å². The molecule has 206 valence electrons. The van der Waals surface area contributed by atoms with E-state index < -0.39 is 6.04 Å². The smallest absolute Gasteiger partial charge is 0.253 e. The van der Waals surface area contributed by atoms with Crippen LogP contribution in [0.2, 0.25) is 0 Å². The van der Waals surface area contributed by atoms with E-state index in [2.05, 4.69) is 120 Å². The highest BCUT2D eigenvalue weighted by molar-refractivity contribution is 5.85. The van der Waals surface area contributed by atoms with Gasteiger partial charge in [0.25, 0.3) is 5.56 Å². The second kappa shape index (κ2) is 11.6. The van der Waals surface area contributed by atoms with Crippen molar-refractivity contribution in [3.8, 4) is 0 Å². The molecule has 0 aliphatic carbocycles. The van der Waals surface area contributed by atoms with Gasteiger partial charge in [-0.15, -0.1) is 5.10 Å². The molecule has 0 amide bonds. The largest absolute Gasteiger partial charge is 0.321 e. The molecule has 0 unspecified atom stereocenters. The number of hydrogen-bond donors (Lipinski definition) is 1. The summed E-state index contributed by atoms with van der Waals surface area (Å²) in [6, 6.07) is 26.6. The summed E-state index contributed by atoms with van der Waals surface area (Å²) in [5.74, 6) is 0.672. The van der Waals surface area contributed by atoms with E-state index in [1.54, 1.807) is 0 Å². The second-order valence-corrected chi connectivity index (χ2v) is 11.3. The number of aryl methyl sites for hydroxylation is 2. The van der Waals surface area contributed by atoms with E-state index in [0.29, 0.717) is 24.5 Å². The Bertz CT molecular complexity index is 1640. The van der Waals surface area contributed by atoms with E-state index in [1.807, 2.05) is 23.7 Å². The summed E-state index contributed by atoms with van der Waals surface area (Å²) >= 11 is 0. The maximum Gasteiger partial charge on any atom is 0.253 e. The molecule has 0 spiro atoms. The number of benzene rings is 3. The Morgan fingerprint density at radius 1 is 0.925 bits per heavy atom. The van der Waals surface area contributed by atoms with Crippen LogP contribution in [-0.4, -0.2) is 36.6 Å². The van der Waals surface area contributed by atoms with Gasteiger partial charge in [-0.05, 0) is 79.3 Å². The third-order valence-electron chi connectivity index (χ3n) is 8.07. The van der Waals surface area contributed by atoms with Crippen molar-refractivity contribution in [2.45, 2.75) is 65.6 Å². The van der Waals surface area contributed by atoms with E-state index >= 15 is 0 Å². The number of hydrogen-bond acceptors (Lipinski definition) is 5. The number of H-pyrrole nitrogens is 1. The number of tetrazole rings is 1. The highest BCUT2D eigenvalue weighted by Crippen LogP contribution is 2.32. The van der Waals surface area contributed by atoms with Crippen molar-refractivity contribution in [3.05, 3.63) is 123 Å². The summed E-state index contributed by atoms with van der Waals surface area (Å²) in [5, 5.41) is 14.2. The monoisotopic (exact) mass is 534 g/mol. The first-order chi connectivity index (χ1) is 19.3. The van der Waals surface area contributed by atoms with Crippen LogP contribution in [-0.2, 0) is 18.5 Å². The first-order valence-electron chi connectivity index (χ1n) is 14.0. The molecule has 3 aromatic carbocycles. The minimum absolute atomic E-state index is 0.118. The summed E-state index contributed by atoms with van der Waals surface area (Å²) in [6.07, 6.45) is 1.67. The number of aromatic amines is 1. The zero-order valence-corrected chi connectivity index (χ0v) is 24.1. The van der Waals surface area contributed by atoms with Crippen molar-refractivity contribution in [3.63, 3.8) is 0 Å². The molecule has 2 aromatic heterocycles. The molecule has 5 aromatic rings. The third-order valence-corrected chi connectivity index (χ3v) is 8.07. The average molecular weight is 535 g/mol. The first kappa shape index (κ1) is 27.5. The summed E-state index contributed by atoms with van der Waals surface area (Å²) in [5.41, 5.74) is 5.64. The maximum absolute atomic E-state index is 13.9. The SMILES string of the molecule is CCC(C)(C)n1nnnc1[C@H](c1cc2c(C)ccc(C)c2[nH]c1=O)N(CCc1ccccc1)Cc1ccccc1. The number of pyridine rings is 1. The number of fused-ring (bicyclic) bond motifs is 1. The van der Waals surface area contributed by atoms with Crippen LogP contribution in [0.25, 0.3) is 10.9 Å². The van der Waals surface area contributed by atoms with E-state index in [9.17, 15) is 4.79 Å². The fourth-order valence-electron chi connectivity index (χ4n) is 5.27. The van der Waals surface area contributed by atoms with E-state index in [4.69, 9.17) is 0 Å². The Balaban J connectivity index is 1.72. The molecule has 0 saturated carbocycles. The molecule has 5 rings (SSSR count). The van der Waals surface area contributed by atoms with Gasteiger partial charge in [0.05, 0.1) is 11.1 Å². The standard InChI is InChI=1S/C33H38N6O/c1-6-33(4,5)39-31(35-36-37-39)30(28-21-27-23(2)17-18-24(3)29(27)34-32(28)40)38(22-26-15-11-8-12-16-26)20-19-25-13-9-7-10-14-25/h7-18,21,30H,6,19-20,22H2,1-5H3,(H,34,40)/t30-/m0/s1. The van der Waals surface area contributed by atoms with Gasteiger partial charge < -0.3 is 4.98 Å². The van der Waals surface area contributed by atoms with Gasteiger partial charge in [-0.2, -0.15) is 0 Å². The summed E-state index contributed by atoms with van der Waals surface area (Å²) in [4.78, 5) is 19.5. The van der Waals surface area contributed by atoms with Crippen molar-refractivity contribution >= 4 is 10.9 Å². The number of nitrogens with zero attached hydrogens (tertiary/aromatic N) is 5. The van der Waals surface area contributed by atoms with Crippen molar-refractivity contribution in [1.82, 2.24) is 30.1 Å². The lowest BCUT2D eigenvalue weighted by atomic mass is 9.97. The molecule has 0 radical (unpaired) electrons. The van der Waals surface area contributed by atoms with Crippen LogP contribution >= 0.6 is 0 Å². The molecule has 0 aliphatic rings. The molecule has 40 heavy (non-hydrogen) atoms. The Morgan fingerprint density at radius 3 is 2.25 bits per heavy atom. The molecule has 7 heteroatoms. The van der Waals surface area contributed by atoms with Crippen molar-refractivity contribution in [2.75, 3.05) is 6.54 Å². The molecule has 1 N–H and O–H groups in total. The molecule has 0 bridgehead atoms. The predicted octanol–water partition coefficient (Wildman–Crippen LogP) is 6.11. The fraction of sp³-hybridized carbons (Fsp3) is 0.333.